The third-order valence-electron chi connectivity index (χ3n) is 5.13. The number of hydrogen-bond donors (Lipinski definition) is 1. The van der Waals surface area contributed by atoms with Crippen LogP contribution in [0, 0.1) is 22.0 Å². The maximum Gasteiger partial charge on any atom is 0.285 e. The summed E-state index contributed by atoms with van der Waals surface area (Å²) in [6.45, 7) is 1.22. The number of methoxy groups -OCH3 is 1. The summed E-state index contributed by atoms with van der Waals surface area (Å²) in [6.07, 6.45) is 3.87. The highest BCUT2D eigenvalue weighted by atomic mass is 32.2. The van der Waals surface area contributed by atoms with E-state index in [1.165, 1.54) is 24.9 Å². The summed E-state index contributed by atoms with van der Waals surface area (Å²) in [5, 5.41) is 11.4. The number of benzene rings is 1. The molecule has 2 aliphatic rings. The lowest BCUT2D eigenvalue weighted by atomic mass is 9.98. The number of nitro benzene ring substituents is 1. The number of amides is 1. The van der Waals surface area contributed by atoms with E-state index in [4.69, 9.17) is 10.5 Å². The highest BCUT2D eigenvalue weighted by molar-refractivity contribution is 7.98. The molecule has 1 aromatic carbocycles. The molecular weight excluding hydrogens is 330 g/mol. The minimum absolute atomic E-state index is 0.124. The molecular formula is C16H21N3O4S. The number of carbonyl (C=O) groups excluding carboxylic acids is 1. The van der Waals surface area contributed by atoms with E-state index in [1.54, 1.807) is 11.0 Å². The Labute approximate surface area is 144 Å². The van der Waals surface area contributed by atoms with Gasteiger partial charge in [-0.1, -0.05) is 0 Å². The summed E-state index contributed by atoms with van der Waals surface area (Å²) < 4.78 is 5.20. The third kappa shape index (κ3) is 2.84. The van der Waals surface area contributed by atoms with E-state index in [9.17, 15) is 14.9 Å². The van der Waals surface area contributed by atoms with Crippen molar-refractivity contribution in [1.82, 2.24) is 4.90 Å². The number of nitro groups is 1. The van der Waals surface area contributed by atoms with Gasteiger partial charge in [-0.2, -0.15) is 0 Å². The number of nitrogens with zero attached hydrogens (tertiary/aromatic N) is 2. The second-order valence-corrected chi connectivity index (χ2v) is 7.20. The SMILES string of the molecule is COc1cc([N+](=O)[O-])c(C(=O)N2CC3CCC(N)C3C2)cc1SC. The zero-order valence-corrected chi connectivity index (χ0v) is 14.5. The van der Waals surface area contributed by atoms with Gasteiger partial charge in [-0.3, -0.25) is 14.9 Å². The van der Waals surface area contributed by atoms with Crippen LogP contribution in [-0.4, -0.2) is 48.2 Å². The number of fused-ring (bicyclic) bond motifs is 1. The van der Waals surface area contributed by atoms with Crippen LogP contribution < -0.4 is 10.5 Å². The molecule has 0 spiro atoms. The normalized spacial score (nSPS) is 25.6. The summed E-state index contributed by atoms with van der Waals surface area (Å²) in [5.74, 6) is 0.847. The minimum Gasteiger partial charge on any atom is -0.495 e. The van der Waals surface area contributed by atoms with Crippen molar-refractivity contribution in [2.24, 2.45) is 17.6 Å². The molecule has 1 aliphatic heterocycles. The molecule has 7 nitrogen and oxygen atoms in total. The number of ether oxygens (including phenoxy) is 1. The van der Waals surface area contributed by atoms with Gasteiger partial charge in [-0.25, -0.2) is 0 Å². The van der Waals surface area contributed by atoms with Crippen LogP contribution in [0.15, 0.2) is 17.0 Å². The van der Waals surface area contributed by atoms with Crippen molar-refractivity contribution in [2.75, 3.05) is 26.5 Å². The van der Waals surface area contributed by atoms with Crippen LogP contribution in [0.25, 0.3) is 0 Å². The largest absolute Gasteiger partial charge is 0.495 e. The van der Waals surface area contributed by atoms with E-state index in [1.807, 2.05) is 6.26 Å². The molecule has 2 N–H and O–H groups in total. The van der Waals surface area contributed by atoms with Gasteiger partial charge < -0.3 is 15.4 Å². The molecule has 8 heteroatoms. The van der Waals surface area contributed by atoms with Gasteiger partial charge in [-0.15, -0.1) is 11.8 Å². The summed E-state index contributed by atoms with van der Waals surface area (Å²) in [4.78, 5) is 26.2. The highest BCUT2D eigenvalue weighted by Gasteiger charge is 2.43. The molecule has 24 heavy (non-hydrogen) atoms. The third-order valence-corrected chi connectivity index (χ3v) is 5.89. The van der Waals surface area contributed by atoms with Crippen molar-refractivity contribution < 1.29 is 14.5 Å². The Morgan fingerprint density at radius 1 is 1.42 bits per heavy atom. The van der Waals surface area contributed by atoms with Gasteiger partial charge in [0, 0.05) is 19.1 Å². The van der Waals surface area contributed by atoms with Gasteiger partial charge in [0.15, 0.2) is 0 Å². The zero-order valence-electron chi connectivity index (χ0n) is 13.7. The zero-order chi connectivity index (χ0) is 17.4. The predicted octanol–water partition coefficient (Wildman–Crippen LogP) is 2.13. The van der Waals surface area contributed by atoms with Crippen LogP contribution in [0.5, 0.6) is 5.75 Å². The summed E-state index contributed by atoms with van der Waals surface area (Å²) in [7, 11) is 1.46. The second-order valence-electron chi connectivity index (χ2n) is 6.36. The topological polar surface area (TPSA) is 98.7 Å². The lowest BCUT2D eigenvalue weighted by Gasteiger charge is -2.19. The van der Waals surface area contributed by atoms with Crippen LogP contribution >= 0.6 is 11.8 Å². The minimum atomic E-state index is -0.525. The Bertz CT molecular complexity index is 682. The molecule has 1 heterocycles. The molecule has 0 bridgehead atoms. The van der Waals surface area contributed by atoms with Crippen LogP contribution in [0.3, 0.4) is 0 Å². The number of nitrogens with two attached hydrogens (primary N) is 1. The first-order valence-corrected chi connectivity index (χ1v) is 9.14. The molecule has 1 saturated carbocycles. The second kappa shape index (κ2) is 6.60. The van der Waals surface area contributed by atoms with Crippen molar-refractivity contribution in [3.8, 4) is 5.75 Å². The molecule has 3 unspecified atom stereocenters. The van der Waals surface area contributed by atoms with Crippen LogP contribution in [0.2, 0.25) is 0 Å². The fraction of sp³-hybridized carbons (Fsp3) is 0.562. The Balaban J connectivity index is 1.93. The maximum absolute atomic E-state index is 12.9. The molecule has 1 aromatic rings. The number of hydrogen-bond acceptors (Lipinski definition) is 6. The first-order chi connectivity index (χ1) is 11.5. The molecule has 1 aliphatic carbocycles. The summed E-state index contributed by atoms with van der Waals surface area (Å²) in [5.41, 5.74) is 6.03. The van der Waals surface area contributed by atoms with Gasteiger partial charge in [0.25, 0.3) is 11.6 Å². The molecule has 130 valence electrons. The van der Waals surface area contributed by atoms with Crippen LogP contribution in [0.4, 0.5) is 5.69 Å². The molecule has 2 fully saturated rings. The van der Waals surface area contributed by atoms with E-state index in [2.05, 4.69) is 0 Å². The number of thioether (sulfide) groups is 1. The van der Waals surface area contributed by atoms with Gasteiger partial charge in [0.05, 0.1) is 23.0 Å². The monoisotopic (exact) mass is 351 g/mol. The molecule has 0 aromatic heterocycles. The van der Waals surface area contributed by atoms with Gasteiger partial charge >= 0.3 is 0 Å². The van der Waals surface area contributed by atoms with E-state index >= 15 is 0 Å². The number of rotatable bonds is 4. The number of likely N-dealkylation sites (tertiary alicyclic amines) is 1. The van der Waals surface area contributed by atoms with Crippen LogP contribution in [-0.2, 0) is 0 Å². The fourth-order valence-corrected chi connectivity index (χ4v) is 4.41. The van der Waals surface area contributed by atoms with Gasteiger partial charge in [-0.05, 0) is 37.0 Å². The first kappa shape index (κ1) is 17.0. The van der Waals surface area contributed by atoms with E-state index in [-0.39, 0.29) is 23.2 Å². The van der Waals surface area contributed by atoms with Crippen molar-refractivity contribution in [3.05, 3.63) is 27.8 Å². The average molecular weight is 351 g/mol. The lowest BCUT2D eigenvalue weighted by molar-refractivity contribution is -0.385. The number of carbonyl (C=O) groups is 1. The van der Waals surface area contributed by atoms with Gasteiger partial charge in [0.1, 0.15) is 11.3 Å². The van der Waals surface area contributed by atoms with Crippen LogP contribution in [0.1, 0.15) is 23.2 Å². The van der Waals surface area contributed by atoms with Crippen molar-refractivity contribution >= 4 is 23.4 Å². The van der Waals surface area contributed by atoms with Gasteiger partial charge in [0.2, 0.25) is 0 Å². The highest BCUT2D eigenvalue weighted by Crippen LogP contribution is 2.39. The van der Waals surface area contributed by atoms with Crippen molar-refractivity contribution in [3.63, 3.8) is 0 Å². The van der Waals surface area contributed by atoms with Crippen molar-refractivity contribution in [1.29, 1.82) is 0 Å². The maximum atomic E-state index is 12.9. The lowest BCUT2D eigenvalue weighted by Crippen LogP contribution is -2.33. The molecule has 3 atom stereocenters. The smallest absolute Gasteiger partial charge is 0.285 e. The summed E-state index contributed by atoms with van der Waals surface area (Å²) >= 11 is 1.39. The molecule has 0 radical (unpaired) electrons. The Hall–Kier alpha value is -1.80. The standard InChI is InChI=1S/C16H21N3O4S/c1-23-14-6-13(19(21)22)10(5-15(14)24-2)16(20)18-7-9-3-4-12(17)11(9)8-18/h5-6,9,11-12H,3-4,7-8,17H2,1-2H3. The molecule has 3 rings (SSSR count). The van der Waals surface area contributed by atoms with E-state index in [0.29, 0.717) is 35.6 Å². The Morgan fingerprint density at radius 2 is 2.17 bits per heavy atom. The molecule has 1 saturated heterocycles. The average Bonchev–Trinajstić information content (AvgIpc) is 3.15. The molecule has 1 amide bonds. The fourth-order valence-electron chi connectivity index (χ4n) is 3.83. The van der Waals surface area contributed by atoms with E-state index < -0.39 is 4.92 Å². The van der Waals surface area contributed by atoms with Crippen molar-refractivity contribution in [2.45, 2.75) is 23.8 Å². The van der Waals surface area contributed by atoms with E-state index in [0.717, 1.165) is 12.8 Å². The quantitative estimate of drug-likeness (QED) is 0.507. The summed E-state index contributed by atoms with van der Waals surface area (Å²) in [6, 6.07) is 3.03. The Kier molecular flexibility index (Phi) is 4.69. The predicted molar refractivity (Wildman–Crippen MR) is 91.5 cm³/mol. The Morgan fingerprint density at radius 3 is 2.75 bits per heavy atom. The first-order valence-electron chi connectivity index (χ1n) is 7.91.